The molecule has 2 aromatic carbocycles. The minimum Gasteiger partial charge on any atom is -0.380 e. The van der Waals surface area contributed by atoms with Crippen LogP contribution in [0.3, 0.4) is 0 Å². The van der Waals surface area contributed by atoms with Gasteiger partial charge in [-0.2, -0.15) is 0 Å². The number of amides is 2. The van der Waals surface area contributed by atoms with Gasteiger partial charge in [-0.1, -0.05) is 11.2 Å². The predicted octanol–water partition coefficient (Wildman–Crippen LogP) is 1.60. The van der Waals surface area contributed by atoms with Gasteiger partial charge in [0, 0.05) is 30.2 Å². The molecule has 0 bridgehead atoms. The lowest BCUT2D eigenvalue weighted by atomic mass is 10.1. The molecule has 3 heterocycles. The fraction of sp³-hybridized carbons (Fsp3) is 0.167. The van der Waals surface area contributed by atoms with Crippen molar-refractivity contribution in [2.45, 2.75) is 6.10 Å². The van der Waals surface area contributed by atoms with E-state index in [-0.39, 0.29) is 23.9 Å². The van der Waals surface area contributed by atoms with Crippen LogP contribution in [0.5, 0.6) is 0 Å². The van der Waals surface area contributed by atoms with Gasteiger partial charge in [0.25, 0.3) is 17.4 Å². The number of aliphatic hydroxyl groups is 1. The van der Waals surface area contributed by atoms with Crippen LogP contribution in [0.15, 0.2) is 70.1 Å². The molecule has 5 rings (SSSR count). The number of morpholine rings is 1. The van der Waals surface area contributed by atoms with Crippen LogP contribution in [0, 0.1) is 0 Å². The number of nitrogens with two attached hydrogens (primary N) is 1. The van der Waals surface area contributed by atoms with E-state index in [2.05, 4.69) is 10.5 Å². The molecule has 2 amide bonds. The molecule has 4 N–H and O–H groups in total. The highest BCUT2D eigenvalue weighted by molar-refractivity contribution is 5.97. The third-order valence-corrected chi connectivity index (χ3v) is 5.69. The summed E-state index contributed by atoms with van der Waals surface area (Å²) in [7, 11) is 0. The van der Waals surface area contributed by atoms with Crippen LogP contribution in [-0.4, -0.2) is 46.4 Å². The number of pyridine rings is 1. The van der Waals surface area contributed by atoms with Crippen LogP contribution >= 0.6 is 0 Å². The minimum atomic E-state index is -1.73. The van der Waals surface area contributed by atoms with Crippen LogP contribution < -0.4 is 21.5 Å². The Kier molecular flexibility index (Phi) is 5.77. The summed E-state index contributed by atoms with van der Waals surface area (Å²) in [5.74, 6) is -0.739. The van der Waals surface area contributed by atoms with Gasteiger partial charge in [0.2, 0.25) is 0 Å². The zero-order valence-electron chi connectivity index (χ0n) is 18.4. The van der Waals surface area contributed by atoms with E-state index >= 15 is 0 Å². The number of aromatic nitrogens is 2. The molecule has 1 unspecified atom stereocenters. The molecule has 1 saturated heterocycles. The Morgan fingerprint density at radius 3 is 2.77 bits per heavy atom. The van der Waals surface area contributed by atoms with Crippen molar-refractivity contribution in [3.63, 3.8) is 0 Å². The highest BCUT2D eigenvalue weighted by Gasteiger charge is 2.23. The van der Waals surface area contributed by atoms with Crippen molar-refractivity contribution in [2.24, 2.45) is 0 Å². The number of nitrogens with one attached hydrogen (secondary N) is 1. The van der Waals surface area contributed by atoms with Crippen molar-refractivity contribution >= 4 is 40.0 Å². The van der Waals surface area contributed by atoms with Crippen LogP contribution in [0.2, 0.25) is 0 Å². The second kappa shape index (κ2) is 9.05. The number of carbonyl (C=O) groups is 2. The maximum Gasteiger partial charge on any atom is 0.261 e. The Labute approximate surface area is 198 Å². The van der Waals surface area contributed by atoms with Gasteiger partial charge >= 0.3 is 0 Å². The Morgan fingerprint density at radius 2 is 1.94 bits per heavy atom. The van der Waals surface area contributed by atoms with E-state index in [0.29, 0.717) is 41.2 Å². The lowest BCUT2D eigenvalue weighted by molar-refractivity contribution is -0.126. The third-order valence-electron chi connectivity index (χ3n) is 5.69. The first-order valence-corrected chi connectivity index (χ1v) is 10.8. The van der Waals surface area contributed by atoms with E-state index in [9.17, 15) is 19.5 Å². The fourth-order valence-electron chi connectivity index (χ4n) is 3.91. The number of rotatable bonds is 5. The summed E-state index contributed by atoms with van der Waals surface area (Å²) < 4.78 is 11.6. The molecule has 35 heavy (non-hydrogen) atoms. The zero-order valence-corrected chi connectivity index (χ0v) is 18.4. The number of carbonyl (C=O) groups excluding carboxylic acids is 2. The number of aliphatic hydroxyl groups excluding tert-OH is 1. The summed E-state index contributed by atoms with van der Waals surface area (Å²) in [5, 5.41) is 17.5. The van der Waals surface area contributed by atoms with E-state index in [1.165, 1.54) is 22.9 Å². The number of nitrogen functional groups attached to an aromatic ring is 1. The first-order chi connectivity index (χ1) is 16.9. The van der Waals surface area contributed by atoms with Crippen molar-refractivity contribution in [1.82, 2.24) is 9.72 Å². The molecule has 178 valence electrons. The van der Waals surface area contributed by atoms with Gasteiger partial charge in [-0.05, 0) is 42.5 Å². The molecule has 11 nitrogen and oxygen atoms in total. The van der Waals surface area contributed by atoms with Gasteiger partial charge < -0.3 is 30.3 Å². The Balaban J connectivity index is 1.40. The number of anilines is 3. The number of hydrogen-bond donors (Lipinski definition) is 3. The molecule has 4 aromatic rings. The largest absolute Gasteiger partial charge is 0.380 e. The molecule has 0 spiro atoms. The summed E-state index contributed by atoms with van der Waals surface area (Å²) in [6.07, 6.45) is -0.201. The van der Waals surface area contributed by atoms with Gasteiger partial charge in [0.05, 0.1) is 23.2 Å². The van der Waals surface area contributed by atoms with E-state index in [1.54, 1.807) is 47.4 Å². The highest BCUT2D eigenvalue weighted by Crippen LogP contribution is 2.25. The number of hydrogen-bond acceptors (Lipinski definition) is 8. The van der Waals surface area contributed by atoms with Crippen LogP contribution in [0.1, 0.15) is 11.7 Å². The monoisotopic (exact) mass is 475 g/mol. The molecule has 1 aliphatic heterocycles. The standard InChI is InChI=1S/C24H21N5O6/c25-22-17-7-6-14(11-19(17)35-27-22)26-23(32)21(31)18-5-2-8-29(24(18)33)16-4-1-3-15(12-16)28-9-10-34-13-20(28)30/h1-8,11-12,21,31H,9-10,13H2,(H2,25,27)(H,26,32). The quantitative estimate of drug-likeness (QED) is 0.393. The summed E-state index contributed by atoms with van der Waals surface area (Å²) in [5.41, 5.74) is 6.83. The van der Waals surface area contributed by atoms with Gasteiger partial charge in [-0.25, -0.2) is 0 Å². The summed E-state index contributed by atoms with van der Waals surface area (Å²) >= 11 is 0. The van der Waals surface area contributed by atoms with Gasteiger partial charge in [0.1, 0.15) is 6.61 Å². The molecular formula is C24H21N5O6. The predicted molar refractivity (Wildman–Crippen MR) is 127 cm³/mol. The average molecular weight is 475 g/mol. The van der Waals surface area contributed by atoms with Crippen molar-refractivity contribution in [3.8, 4) is 5.69 Å². The number of benzene rings is 2. The fourth-order valence-corrected chi connectivity index (χ4v) is 3.91. The van der Waals surface area contributed by atoms with Gasteiger partial charge in [0.15, 0.2) is 17.5 Å². The SMILES string of the molecule is Nc1noc2cc(NC(=O)C(O)c3cccn(-c4cccc(N5CCOCC5=O)c4)c3=O)ccc12. The number of nitrogens with zero attached hydrogens (tertiary/aromatic N) is 3. The van der Waals surface area contributed by atoms with Crippen molar-refractivity contribution in [3.05, 3.63) is 76.7 Å². The number of ether oxygens (including phenoxy) is 1. The normalized spacial score (nSPS) is 14.8. The zero-order chi connectivity index (χ0) is 24.5. The second-order valence-electron chi connectivity index (χ2n) is 7.93. The summed E-state index contributed by atoms with van der Waals surface area (Å²) in [6.45, 7) is 0.823. The molecule has 0 radical (unpaired) electrons. The molecule has 1 aliphatic rings. The van der Waals surface area contributed by atoms with E-state index < -0.39 is 17.6 Å². The first kappa shape index (κ1) is 22.3. The van der Waals surface area contributed by atoms with Crippen LogP contribution in [0.4, 0.5) is 17.2 Å². The average Bonchev–Trinajstić information content (AvgIpc) is 3.24. The third kappa shape index (κ3) is 4.25. The van der Waals surface area contributed by atoms with Crippen molar-refractivity contribution in [1.29, 1.82) is 0 Å². The van der Waals surface area contributed by atoms with E-state index in [4.69, 9.17) is 15.0 Å². The van der Waals surface area contributed by atoms with E-state index in [0.717, 1.165) is 0 Å². The Hall–Kier alpha value is -4.48. The molecule has 1 atom stereocenters. The molecule has 0 saturated carbocycles. The number of fused-ring (bicyclic) bond motifs is 1. The molecule has 11 heteroatoms. The maximum atomic E-state index is 13.2. The first-order valence-electron chi connectivity index (χ1n) is 10.8. The Bertz CT molecular complexity index is 1490. The molecule has 0 aliphatic carbocycles. The smallest absolute Gasteiger partial charge is 0.261 e. The van der Waals surface area contributed by atoms with Crippen LogP contribution in [0.25, 0.3) is 16.7 Å². The lowest BCUT2D eigenvalue weighted by Gasteiger charge is -2.27. The lowest BCUT2D eigenvalue weighted by Crippen LogP contribution is -2.41. The molecule has 2 aromatic heterocycles. The van der Waals surface area contributed by atoms with E-state index in [1.807, 2.05) is 0 Å². The maximum absolute atomic E-state index is 13.2. The van der Waals surface area contributed by atoms with Crippen molar-refractivity contribution < 1.29 is 24.0 Å². The van der Waals surface area contributed by atoms with Gasteiger partial charge in [-0.15, -0.1) is 0 Å². The second-order valence-corrected chi connectivity index (χ2v) is 7.93. The molecular weight excluding hydrogens is 454 g/mol. The van der Waals surface area contributed by atoms with Crippen LogP contribution in [-0.2, 0) is 14.3 Å². The minimum absolute atomic E-state index is 0.00226. The summed E-state index contributed by atoms with van der Waals surface area (Å²) in [4.78, 5) is 39.7. The van der Waals surface area contributed by atoms with Gasteiger partial charge in [-0.3, -0.25) is 19.0 Å². The summed E-state index contributed by atoms with van der Waals surface area (Å²) in [6, 6.07) is 14.6. The Morgan fingerprint density at radius 1 is 1.11 bits per heavy atom. The topological polar surface area (TPSA) is 153 Å². The van der Waals surface area contributed by atoms with Crippen molar-refractivity contribution in [2.75, 3.05) is 35.7 Å². The highest BCUT2D eigenvalue weighted by atomic mass is 16.5. The molecule has 1 fully saturated rings.